The van der Waals surface area contributed by atoms with Crippen LogP contribution in [0.5, 0.6) is 0 Å². The van der Waals surface area contributed by atoms with Crippen LogP contribution in [0.1, 0.15) is 57.1 Å². The molecule has 3 heteroatoms. The van der Waals surface area contributed by atoms with Gasteiger partial charge in [-0.1, -0.05) is 50.3 Å². The van der Waals surface area contributed by atoms with Gasteiger partial charge in [0.05, 0.1) is 0 Å². The molecule has 4 atom stereocenters. The Balaban J connectivity index is 1.34. The van der Waals surface area contributed by atoms with Crippen molar-refractivity contribution in [1.29, 1.82) is 0 Å². The molecule has 4 rings (SSSR count). The highest BCUT2D eigenvalue weighted by Gasteiger charge is 2.41. The quantitative estimate of drug-likeness (QED) is 0.679. The fraction of sp³-hybridized carbons (Fsp3) is 0.640. The minimum absolute atomic E-state index is 0.336. The first-order chi connectivity index (χ1) is 13.5. The van der Waals surface area contributed by atoms with Crippen LogP contribution in [0, 0.1) is 17.8 Å². The summed E-state index contributed by atoms with van der Waals surface area (Å²) in [5.74, 6) is 2.35. The summed E-state index contributed by atoms with van der Waals surface area (Å²) in [6.07, 6.45) is 9.29. The van der Waals surface area contributed by atoms with E-state index >= 15 is 0 Å². The molecule has 1 amide bonds. The van der Waals surface area contributed by atoms with Crippen molar-refractivity contribution in [3.05, 3.63) is 47.5 Å². The van der Waals surface area contributed by atoms with Crippen molar-refractivity contribution in [2.45, 2.75) is 58.4 Å². The maximum Gasteiger partial charge on any atom is 0.222 e. The lowest BCUT2D eigenvalue weighted by Crippen LogP contribution is -2.30. The van der Waals surface area contributed by atoms with Gasteiger partial charge in [0.2, 0.25) is 5.91 Å². The van der Waals surface area contributed by atoms with Gasteiger partial charge in [-0.05, 0) is 61.6 Å². The molecule has 3 aliphatic rings. The van der Waals surface area contributed by atoms with E-state index in [4.69, 9.17) is 0 Å². The second-order valence-corrected chi connectivity index (χ2v) is 9.65. The first-order valence-corrected chi connectivity index (χ1v) is 11.3. The number of likely N-dealkylation sites (tertiary alicyclic amines) is 2. The minimum Gasteiger partial charge on any atom is -0.342 e. The smallest absolute Gasteiger partial charge is 0.222 e. The predicted octanol–water partition coefficient (Wildman–Crippen LogP) is 4.49. The third-order valence-corrected chi connectivity index (χ3v) is 7.12. The van der Waals surface area contributed by atoms with Gasteiger partial charge in [0.1, 0.15) is 0 Å². The van der Waals surface area contributed by atoms with E-state index in [9.17, 15) is 4.79 Å². The van der Waals surface area contributed by atoms with E-state index in [1.165, 1.54) is 37.1 Å². The Kier molecular flexibility index (Phi) is 5.91. The highest BCUT2D eigenvalue weighted by Crippen LogP contribution is 2.43. The van der Waals surface area contributed by atoms with E-state index in [0.29, 0.717) is 36.0 Å². The largest absolute Gasteiger partial charge is 0.342 e. The van der Waals surface area contributed by atoms with Crippen molar-refractivity contribution in [2.75, 3.05) is 26.2 Å². The zero-order valence-electron chi connectivity index (χ0n) is 17.8. The number of fused-ring (bicyclic) bond motifs is 1. The van der Waals surface area contributed by atoms with Crippen LogP contribution in [0.25, 0.3) is 0 Å². The number of allylic oxidation sites excluding steroid dienone is 1. The Labute approximate surface area is 170 Å². The van der Waals surface area contributed by atoms with Gasteiger partial charge in [-0.15, -0.1) is 0 Å². The van der Waals surface area contributed by atoms with Gasteiger partial charge < -0.3 is 9.80 Å². The molecule has 3 nitrogen and oxygen atoms in total. The third kappa shape index (κ3) is 4.20. The Morgan fingerprint density at radius 3 is 2.61 bits per heavy atom. The molecule has 0 spiro atoms. The Morgan fingerprint density at radius 1 is 1.14 bits per heavy atom. The van der Waals surface area contributed by atoms with Crippen LogP contribution in [0.2, 0.25) is 0 Å². The van der Waals surface area contributed by atoms with E-state index in [1.54, 1.807) is 0 Å². The monoisotopic (exact) mass is 380 g/mol. The molecule has 1 aromatic carbocycles. The molecule has 1 aromatic rings. The molecule has 0 radical (unpaired) electrons. The average molecular weight is 381 g/mol. The first kappa shape index (κ1) is 19.7. The zero-order chi connectivity index (χ0) is 19.7. The molecule has 0 saturated carbocycles. The second-order valence-electron chi connectivity index (χ2n) is 9.65. The lowest BCUT2D eigenvalue weighted by molar-refractivity contribution is -0.131. The average Bonchev–Trinajstić information content (AvgIpc) is 3.35. The van der Waals surface area contributed by atoms with E-state index in [-0.39, 0.29) is 0 Å². The highest BCUT2D eigenvalue weighted by atomic mass is 16.2. The number of amides is 1. The normalized spacial score (nSPS) is 29.8. The predicted molar refractivity (Wildman–Crippen MR) is 115 cm³/mol. The van der Waals surface area contributed by atoms with Crippen LogP contribution in [0.3, 0.4) is 0 Å². The number of hydrogen-bond acceptors (Lipinski definition) is 2. The molecule has 2 heterocycles. The molecule has 0 aromatic heterocycles. The molecule has 2 fully saturated rings. The molecular weight excluding hydrogens is 344 g/mol. The molecule has 2 saturated heterocycles. The topological polar surface area (TPSA) is 23.6 Å². The summed E-state index contributed by atoms with van der Waals surface area (Å²) in [6, 6.07) is 10.1. The maximum absolute atomic E-state index is 12.5. The number of hydrogen-bond donors (Lipinski definition) is 0. The third-order valence-electron chi connectivity index (χ3n) is 7.12. The summed E-state index contributed by atoms with van der Waals surface area (Å²) in [4.78, 5) is 17.2. The summed E-state index contributed by atoms with van der Waals surface area (Å²) in [6.45, 7) is 10.9. The summed E-state index contributed by atoms with van der Waals surface area (Å²) in [5.41, 5.74) is 2.86. The van der Waals surface area contributed by atoms with Crippen molar-refractivity contribution in [3.63, 3.8) is 0 Å². The van der Waals surface area contributed by atoms with Gasteiger partial charge in [0, 0.05) is 38.0 Å². The lowest BCUT2D eigenvalue weighted by Gasteiger charge is -2.22. The minimum atomic E-state index is 0.336. The van der Waals surface area contributed by atoms with Gasteiger partial charge >= 0.3 is 0 Å². The number of carbonyl (C=O) groups is 1. The Hall–Kier alpha value is -1.61. The number of benzene rings is 1. The van der Waals surface area contributed by atoms with Crippen molar-refractivity contribution >= 4 is 5.91 Å². The standard InChI is InChI=1S/C25H36N2O/c1-18(2)15-25(28)27-16-22-10-11-23(24(22)17-27)21-8-6-20(7-9-21)12-14-26-13-4-5-19(26)3/h6-11,18-19,22-24H,4-5,12-17H2,1-3H3. The van der Waals surface area contributed by atoms with Gasteiger partial charge in [0.15, 0.2) is 0 Å². The Morgan fingerprint density at radius 2 is 1.93 bits per heavy atom. The van der Waals surface area contributed by atoms with Crippen LogP contribution in [-0.2, 0) is 11.2 Å². The van der Waals surface area contributed by atoms with Gasteiger partial charge in [0.25, 0.3) is 0 Å². The van der Waals surface area contributed by atoms with Crippen LogP contribution < -0.4 is 0 Å². The van der Waals surface area contributed by atoms with E-state index in [2.05, 4.69) is 67.0 Å². The molecular formula is C25H36N2O. The van der Waals surface area contributed by atoms with Crippen LogP contribution >= 0.6 is 0 Å². The Bertz CT molecular complexity index is 708. The molecule has 28 heavy (non-hydrogen) atoms. The summed E-state index contributed by atoms with van der Waals surface area (Å²) in [7, 11) is 0. The van der Waals surface area contributed by atoms with Crippen LogP contribution in [0.15, 0.2) is 36.4 Å². The van der Waals surface area contributed by atoms with Gasteiger partial charge in [-0.2, -0.15) is 0 Å². The van der Waals surface area contributed by atoms with Crippen molar-refractivity contribution < 1.29 is 4.79 Å². The molecule has 152 valence electrons. The lowest BCUT2D eigenvalue weighted by atomic mass is 9.85. The van der Waals surface area contributed by atoms with Gasteiger partial charge in [-0.25, -0.2) is 0 Å². The fourth-order valence-corrected chi connectivity index (χ4v) is 5.39. The van der Waals surface area contributed by atoms with Crippen molar-refractivity contribution in [3.8, 4) is 0 Å². The highest BCUT2D eigenvalue weighted by molar-refractivity contribution is 5.76. The SMILES string of the molecule is CC(C)CC(=O)N1CC2C=CC(c3ccc(CCN4CCCC4C)cc3)C2C1. The van der Waals surface area contributed by atoms with E-state index < -0.39 is 0 Å². The molecule has 4 unspecified atom stereocenters. The fourth-order valence-electron chi connectivity index (χ4n) is 5.39. The summed E-state index contributed by atoms with van der Waals surface area (Å²) >= 11 is 0. The molecule has 0 bridgehead atoms. The molecule has 2 aliphatic heterocycles. The van der Waals surface area contributed by atoms with Crippen molar-refractivity contribution in [1.82, 2.24) is 9.80 Å². The first-order valence-electron chi connectivity index (χ1n) is 11.3. The molecule has 0 N–H and O–H groups in total. The zero-order valence-corrected chi connectivity index (χ0v) is 17.8. The molecule has 1 aliphatic carbocycles. The second kappa shape index (κ2) is 8.41. The summed E-state index contributed by atoms with van der Waals surface area (Å²) < 4.78 is 0. The number of carbonyl (C=O) groups excluding carboxylic acids is 1. The van der Waals surface area contributed by atoms with E-state index in [1.807, 2.05) is 0 Å². The van der Waals surface area contributed by atoms with Crippen LogP contribution in [0.4, 0.5) is 0 Å². The number of rotatable bonds is 6. The van der Waals surface area contributed by atoms with Crippen molar-refractivity contribution in [2.24, 2.45) is 17.8 Å². The number of nitrogens with zero attached hydrogens (tertiary/aromatic N) is 2. The van der Waals surface area contributed by atoms with Gasteiger partial charge in [-0.3, -0.25) is 4.79 Å². The van der Waals surface area contributed by atoms with Crippen LogP contribution in [-0.4, -0.2) is 47.9 Å². The van der Waals surface area contributed by atoms with E-state index in [0.717, 1.165) is 25.6 Å². The summed E-state index contributed by atoms with van der Waals surface area (Å²) in [5, 5.41) is 0. The maximum atomic E-state index is 12.5.